The van der Waals surface area contributed by atoms with Gasteiger partial charge in [-0.15, -0.1) is 0 Å². The fraction of sp³-hybridized carbons (Fsp3) is 0.538. The Balaban J connectivity index is 2.00. The predicted molar refractivity (Wildman–Crippen MR) is 70.1 cm³/mol. The van der Waals surface area contributed by atoms with E-state index in [0.717, 1.165) is 24.8 Å². The highest BCUT2D eigenvalue weighted by Gasteiger charge is 2.22. The van der Waals surface area contributed by atoms with E-state index >= 15 is 0 Å². The predicted octanol–water partition coefficient (Wildman–Crippen LogP) is 2.00. The Labute approximate surface area is 111 Å². The van der Waals surface area contributed by atoms with Crippen LogP contribution in [0.15, 0.2) is 18.2 Å². The highest BCUT2D eigenvalue weighted by Crippen LogP contribution is 2.28. The van der Waals surface area contributed by atoms with Gasteiger partial charge in [-0.3, -0.25) is 10.1 Å². The molecule has 0 aromatic heterocycles. The quantitative estimate of drug-likeness (QED) is 0.650. The van der Waals surface area contributed by atoms with Crippen molar-refractivity contribution in [2.75, 3.05) is 7.11 Å². The summed E-state index contributed by atoms with van der Waals surface area (Å²) in [5.41, 5.74) is 6.55. The van der Waals surface area contributed by atoms with Gasteiger partial charge >= 0.3 is 5.69 Å². The van der Waals surface area contributed by atoms with Gasteiger partial charge in [-0.05, 0) is 30.9 Å². The molecular weight excluding hydrogens is 248 g/mol. The van der Waals surface area contributed by atoms with Crippen LogP contribution in [0.25, 0.3) is 0 Å². The SMILES string of the molecule is COc1ccc(COC2CCC(N)C2)cc1[N+](=O)[O-]. The summed E-state index contributed by atoms with van der Waals surface area (Å²) in [6, 6.07) is 5.08. The van der Waals surface area contributed by atoms with Crippen LogP contribution in [-0.4, -0.2) is 24.2 Å². The van der Waals surface area contributed by atoms with Gasteiger partial charge in [-0.2, -0.15) is 0 Å². The third kappa shape index (κ3) is 3.42. The van der Waals surface area contributed by atoms with E-state index in [2.05, 4.69) is 0 Å². The summed E-state index contributed by atoms with van der Waals surface area (Å²) in [5.74, 6) is 0.261. The minimum absolute atomic E-state index is 0.0354. The van der Waals surface area contributed by atoms with Crippen LogP contribution < -0.4 is 10.5 Å². The lowest BCUT2D eigenvalue weighted by Crippen LogP contribution is -2.17. The molecule has 0 saturated heterocycles. The maximum Gasteiger partial charge on any atom is 0.311 e. The summed E-state index contributed by atoms with van der Waals surface area (Å²) >= 11 is 0. The topological polar surface area (TPSA) is 87.6 Å². The van der Waals surface area contributed by atoms with Crippen LogP contribution in [0, 0.1) is 10.1 Å². The largest absolute Gasteiger partial charge is 0.490 e. The molecule has 6 nitrogen and oxygen atoms in total. The van der Waals surface area contributed by atoms with E-state index < -0.39 is 4.92 Å². The van der Waals surface area contributed by atoms with E-state index in [1.165, 1.54) is 13.2 Å². The number of nitrogens with two attached hydrogens (primary N) is 1. The van der Waals surface area contributed by atoms with Crippen LogP contribution in [0.1, 0.15) is 24.8 Å². The summed E-state index contributed by atoms with van der Waals surface area (Å²) in [6.45, 7) is 0.363. The third-order valence-corrected chi connectivity index (χ3v) is 3.35. The first kappa shape index (κ1) is 13.8. The number of benzene rings is 1. The maximum atomic E-state index is 10.9. The molecule has 2 atom stereocenters. The van der Waals surface area contributed by atoms with E-state index in [1.54, 1.807) is 12.1 Å². The molecule has 2 rings (SSSR count). The smallest absolute Gasteiger partial charge is 0.311 e. The lowest BCUT2D eigenvalue weighted by molar-refractivity contribution is -0.385. The fourth-order valence-electron chi connectivity index (χ4n) is 2.31. The molecule has 0 heterocycles. The number of rotatable bonds is 5. The van der Waals surface area contributed by atoms with Gasteiger partial charge < -0.3 is 15.2 Å². The van der Waals surface area contributed by atoms with Crippen molar-refractivity contribution < 1.29 is 14.4 Å². The second-order valence-electron chi connectivity index (χ2n) is 4.77. The van der Waals surface area contributed by atoms with Crippen molar-refractivity contribution in [3.05, 3.63) is 33.9 Å². The number of ether oxygens (including phenoxy) is 2. The van der Waals surface area contributed by atoms with Gasteiger partial charge in [-0.25, -0.2) is 0 Å². The molecule has 0 amide bonds. The second-order valence-corrected chi connectivity index (χ2v) is 4.77. The monoisotopic (exact) mass is 266 g/mol. The molecule has 0 spiro atoms. The molecule has 0 radical (unpaired) electrons. The summed E-state index contributed by atoms with van der Waals surface area (Å²) in [6.07, 6.45) is 2.96. The van der Waals surface area contributed by atoms with Gasteiger partial charge in [0.25, 0.3) is 0 Å². The summed E-state index contributed by atoms with van der Waals surface area (Å²) in [5, 5.41) is 10.9. The lowest BCUT2D eigenvalue weighted by atomic mass is 10.2. The van der Waals surface area contributed by atoms with Gasteiger partial charge in [0.05, 0.1) is 24.7 Å². The molecule has 2 N–H and O–H groups in total. The van der Waals surface area contributed by atoms with Crippen molar-refractivity contribution in [1.29, 1.82) is 0 Å². The number of nitro groups is 1. The molecule has 1 aliphatic rings. The molecule has 0 aliphatic heterocycles. The van der Waals surface area contributed by atoms with Crippen molar-refractivity contribution in [2.45, 2.75) is 38.0 Å². The van der Waals surface area contributed by atoms with E-state index in [1.807, 2.05) is 0 Å². The Morgan fingerprint density at radius 1 is 1.47 bits per heavy atom. The van der Waals surface area contributed by atoms with E-state index in [9.17, 15) is 10.1 Å². The Hall–Kier alpha value is -1.66. The Morgan fingerprint density at radius 2 is 2.26 bits per heavy atom. The van der Waals surface area contributed by atoms with Gasteiger partial charge in [-0.1, -0.05) is 6.07 Å². The van der Waals surface area contributed by atoms with Crippen molar-refractivity contribution >= 4 is 5.69 Å². The average molecular weight is 266 g/mol. The number of methoxy groups -OCH3 is 1. The second kappa shape index (κ2) is 5.99. The molecule has 6 heteroatoms. The summed E-state index contributed by atoms with van der Waals surface area (Å²) < 4.78 is 10.7. The first-order chi connectivity index (χ1) is 9.10. The Bertz CT molecular complexity index is 464. The van der Waals surface area contributed by atoms with Gasteiger partial charge in [0.15, 0.2) is 5.75 Å². The standard InChI is InChI=1S/C13H18N2O4/c1-18-13-5-2-9(6-12(13)15(16)17)8-19-11-4-3-10(14)7-11/h2,5-6,10-11H,3-4,7-8,14H2,1H3. The normalized spacial score (nSPS) is 22.4. The number of hydrogen-bond donors (Lipinski definition) is 1. The van der Waals surface area contributed by atoms with E-state index in [0.29, 0.717) is 6.61 Å². The van der Waals surface area contributed by atoms with Crippen molar-refractivity contribution in [3.8, 4) is 5.75 Å². The molecule has 1 fully saturated rings. The van der Waals surface area contributed by atoms with Gasteiger partial charge in [0, 0.05) is 12.1 Å². The number of hydrogen-bond acceptors (Lipinski definition) is 5. The van der Waals surface area contributed by atoms with Crippen molar-refractivity contribution in [2.24, 2.45) is 5.73 Å². The van der Waals surface area contributed by atoms with Gasteiger partial charge in [0.2, 0.25) is 0 Å². The van der Waals surface area contributed by atoms with Crippen LogP contribution >= 0.6 is 0 Å². The van der Waals surface area contributed by atoms with E-state index in [-0.39, 0.29) is 23.6 Å². The summed E-state index contributed by atoms with van der Waals surface area (Å²) in [4.78, 5) is 10.5. The molecule has 104 valence electrons. The Kier molecular flexibility index (Phi) is 4.34. The number of nitrogens with zero attached hydrogens (tertiary/aromatic N) is 1. The lowest BCUT2D eigenvalue weighted by Gasteiger charge is -2.12. The molecule has 1 aromatic carbocycles. The van der Waals surface area contributed by atoms with Crippen molar-refractivity contribution in [1.82, 2.24) is 0 Å². The zero-order chi connectivity index (χ0) is 13.8. The van der Waals surface area contributed by atoms with Crippen molar-refractivity contribution in [3.63, 3.8) is 0 Å². The summed E-state index contributed by atoms with van der Waals surface area (Å²) in [7, 11) is 1.42. The highest BCUT2D eigenvalue weighted by molar-refractivity contribution is 5.48. The third-order valence-electron chi connectivity index (χ3n) is 3.35. The minimum atomic E-state index is -0.451. The molecule has 2 unspecified atom stereocenters. The first-order valence-electron chi connectivity index (χ1n) is 6.28. The van der Waals surface area contributed by atoms with Crippen LogP contribution in [0.3, 0.4) is 0 Å². The van der Waals surface area contributed by atoms with Crippen LogP contribution in [-0.2, 0) is 11.3 Å². The molecular formula is C13H18N2O4. The molecule has 0 bridgehead atoms. The Morgan fingerprint density at radius 3 is 2.84 bits per heavy atom. The fourth-order valence-corrected chi connectivity index (χ4v) is 2.31. The van der Waals surface area contributed by atoms with Crippen LogP contribution in [0.4, 0.5) is 5.69 Å². The number of nitro benzene ring substituents is 1. The zero-order valence-electron chi connectivity index (χ0n) is 10.9. The highest BCUT2D eigenvalue weighted by atomic mass is 16.6. The first-order valence-corrected chi connectivity index (χ1v) is 6.28. The minimum Gasteiger partial charge on any atom is -0.490 e. The van der Waals surface area contributed by atoms with Crippen LogP contribution in [0.2, 0.25) is 0 Å². The van der Waals surface area contributed by atoms with Gasteiger partial charge in [0.1, 0.15) is 0 Å². The zero-order valence-corrected chi connectivity index (χ0v) is 10.9. The molecule has 1 saturated carbocycles. The molecule has 1 aromatic rings. The van der Waals surface area contributed by atoms with E-state index in [4.69, 9.17) is 15.2 Å². The average Bonchev–Trinajstić information content (AvgIpc) is 2.81. The maximum absolute atomic E-state index is 10.9. The molecule has 19 heavy (non-hydrogen) atoms. The molecule has 1 aliphatic carbocycles. The van der Waals surface area contributed by atoms with Crippen LogP contribution in [0.5, 0.6) is 5.75 Å².